The first kappa shape index (κ1) is 14.6. The molecule has 0 fully saturated rings. The molecule has 3 heteroatoms. The monoisotopic (exact) mass is 391 g/mol. The number of benzene rings is 2. The van der Waals surface area contributed by atoms with E-state index in [9.17, 15) is 4.79 Å². The average molecular weight is 391 g/mol. The summed E-state index contributed by atoms with van der Waals surface area (Å²) in [6, 6.07) is 17.4. The topological polar surface area (TPSA) is 29.1 Å². The molecule has 21 heavy (non-hydrogen) atoms. The van der Waals surface area contributed by atoms with Crippen molar-refractivity contribution >= 4 is 28.5 Å². The summed E-state index contributed by atoms with van der Waals surface area (Å²) in [5.74, 6) is 0.475. The largest absolute Gasteiger partial charge is 0.350 e. The first-order valence-electron chi connectivity index (χ1n) is 7.26. The molecule has 1 N–H and O–H groups in total. The van der Waals surface area contributed by atoms with Gasteiger partial charge < -0.3 is 5.32 Å². The molecule has 0 bridgehead atoms. The maximum absolute atomic E-state index is 11.4. The molecule has 0 heterocycles. The van der Waals surface area contributed by atoms with Crippen LogP contribution in [0, 0.1) is 3.57 Å². The lowest BCUT2D eigenvalue weighted by Gasteiger charge is -2.32. The predicted octanol–water partition coefficient (Wildman–Crippen LogP) is 4.39. The molecule has 0 saturated carbocycles. The number of carbonyl (C=O) groups is 1. The van der Waals surface area contributed by atoms with Gasteiger partial charge in [0.15, 0.2) is 0 Å². The second kappa shape index (κ2) is 6.18. The van der Waals surface area contributed by atoms with Crippen molar-refractivity contribution in [2.24, 2.45) is 0 Å². The number of nitrogens with one attached hydrogen (secondary N) is 1. The number of fused-ring (bicyclic) bond motifs is 1. The molecular weight excluding hydrogens is 373 g/mol. The summed E-state index contributed by atoms with van der Waals surface area (Å²) in [6.07, 6.45) is 2.06. The fraction of sp³-hybridized carbons (Fsp3) is 0.278. The number of amides is 1. The second-order valence-corrected chi connectivity index (χ2v) is 6.81. The van der Waals surface area contributed by atoms with Gasteiger partial charge in [-0.15, -0.1) is 0 Å². The van der Waals surface area contributed by atoms with Gasteiger partial charge in [0.25, 0.3) is 0 Å². The van der Waals surface area contributed by atoms with Crippen LogP contribution in [0.1, 0.15) is 48.4 Å². The Kier molecular flexibility index (Phi) is 4.29. The Morgan fingerprint density at radius 3 is 2.57 bits per heavy atom. The van der Waals surface area contributed by atoms with Crippen LogP contribution < -0.4 is 5.32 Å². The molecular formula is C18H18INO. The van der Waals surface area contributed by atoms with Gasteiger partial charge in [-0.1, -0.05) is 36.4 Å². The summed E-state index contributed by atoms with van der Waals surface area (Å²) < 4.78 is 1.27. The quantitative estimate of drug-likeness (QED) is 0.756. The minimum absolute atomic E-state index is 0.0440. The van der Waals surface area contributed by atoms with Crippen molar-refractivity contribution in [3.8, 4) is 0 Å². The Morgan fingerprint density at radius 2 is 1.86 bits per heavy atom. The molecule has 2 aromatic rings. The zero-order valence-corrected chi connectivity index (χ0v) is 14.1. The maximum atomic E-state index is 11.4. The van der Waals surface area contributed by atoms with E-state index in [4.69, 9.17) is 0 Å². The summed E-state index contributed by atoms with van der Waals surface area (Å²) >= 11 is 2.36. The minimum Gasteiger partial charge on any atom is -0.350 e. The van der Waals surface area contributed by atoms with Crippen LogP contribution in [0.4, 0.5) is 0 Å². The van der Waals surface area contributed by atoms with Gasteiger partial charge in [0.05, 0.1) is 6.04 Å². The first-order valence-corrected chi connectivity index (χ1v) is 8.34. The smallest absolute Gasteiger partial charge is 0.217 e. The van der Waals surface area contributed by atoms with Crippen LogP contribution in [-0.4, -0.2) is 5.91 Å². The molecule has 108 valence electrons. The van der Waals surface area contributed by atoms with Crippen molar-refractivity contribution < 1.29 is 4.79 Å². The third kappa shape index (κ3) is 3.12. The summed E-state index contributed by atoms with van der Waals surface area (Å²) in [5.41, 5.74) is 3.99. The molecule has 0 saturated heterocycles. The average Bonchev–Trinajstić information content (AvgIpc) is 2.47. The SMILES string of the molecule is CC(=O)N[C@@H]1CCC(c2cccc(I)c2)c2ccccc21. The highest BCUT2D eigenvalue weighted by Crippen LogP contribution is 2.41. The fourth-order valence-electron chi connectivity index (χ4n) is 3.25. The minimum atomic E-state index is 0.0440. The van der Waals surface area contributed by atoms with Gasteiger partial charge in [0.1, 0.15) is 0 Å². The van der Waals surface area contributed by atoms with Crippen molar-refractivity contribution in [2.45, 2.75) is 31.7 Å². The van der Waals surface area contributed by atoms with Crippen LogP contribution in [0.2, 0.25) is 0 Å². The normalized spacial score (nSPS) is 20.7. The Balaban J connectivity index is 2.00. The van der Waals surface area contributed by atoms with E-state index in [1.807, 2.05) is 0 Å². The Morgan fingerprint density at radius 1 is 1.10 bits per heavy atom. The van der Waals surface area contributed by atoms with Crippen LogP contribution in [0.15, 0.2) is 48.5 Å². The molecule has 1 amide bonds. The summed E-state index contributed by atoms with van der Waals surface area (Å²) in [4.78, 5) is 11.4. The van der Waals surface area contributed by atoms with Gasteiger partial charge in [0.2, 0.25) is 5.91 Å². The van der Waals surface area contributed by atoms with E-state index in [-0.39, 0.29) is 11.9 Å². The van der Waals surface area contributed by atoms with Gasteiger partial charge in [0, 0.05) is 16.4 Å². The zero-order valence-electron chi connectivity index (χ0n) is 12.0. The summed E-state index contributed by atoms with van der Waals surface area (Å²) in [7, 11) is 0. The molecule has 0 radical (unpaired) electrons. The molecule has 3 rings (SSSR count). The van der Waals surface area contributed by atoms with Crippen molar-refractivity contribution in [1.29, 1.82) is 0 Å². The lowest BCUT2D eigenvalue weighted by molar-refractivity contribution is -0.119. The van der Waals surface area contributed by atoms with E-state index in [2.05, 4.69) is 76.4 Å². The van der Waals surface area contributed by atoms with Crippen LogP contribution in [0.3, 0.4) is 0 Å². The highest BCUT2D eigenvalue weighted by molar-refractivity contribution is 14.1. The standard InChI is InChI=1S/C18H18INO/c1-12(21)20-18-10-9-15(13-5-4-6-14(19)11-13)16-7-2-3-8-17(16)18/h2-8,11,15,18H,9-10H2,1H3,(H,20,21)/t15?,18-/m1/s1. The lowest BCUT2D eigenvalue weighted by atomic mass is 9.77. The Bertz CT molecular complexity index is 668. The van der Waals surface area contributed by atoms with Crippen LogP contribution in [0.5, 0.6) is 0 Å². The van der Waals surface area contributed by atoms with E-state index in [1.54, 1.807) is 6.92 Å². The number of carbonyl (C=O) groups excluding carboxylic acids is 1. The fourth-order valence-corrected chi connectivity index (χ4v) is 3.82. The molecule has 2 atom stereocenters. The number of rotatable bonds is 2. The number of hydrogen-bond donors (Lipinski definition) is 1. The van der Waals surface area contributed by atoms with E-state index < -0.39 is 0 Å². The Hall–Kier alpha value is -1.36. The van der Waals surface area contributed by atoms with E-state index in [0.717, 1.165) is 12.8 Å². The first-order chi connectivity index (χ1) is 10.1. The molecule has 0 aromatic heterocycles. The van der Waals surface area contributed by atoms with Crippen LogP contribution in [-0.2, 0) is 4.79 Å². The molecule has 0 spiro atoms. The lowest BCUT2D eigenvalue weighted by Crippen LogP contribution is -2.30. The second-order valence-electron chi connectivity index (χ2n) is 5.57. The van der Waals surface area contributed by atoms with Gasteiger partial charge in [-0.2, -0.15) is 0 Å². The van der Waals surface area contributed by atoms with Crippen LogP contribution in [0.25, 0.3) is 0 Å². The van der Waals surface area contributed by atoms with Crippen molar-refractivity contribution in [1.82, 2.24) is 5.32 Å². The maximum Gasteiger partial charge on any atom is 0.217 e. The van der Waals surface area contributed by atoms with E-state index in [1.165, 1.54) is 20.3 Å². The van der Waals surface area contributed by atoms with Crippen molar-refractivity contribution in [2.75, 3.05) is 0 Å². The van der Waals surface area contributed by atoms with E-state index in [0.29, 0.717) is 5.92 Å². The molecule has 2 aromatic carbocycles. The Labute approximate surface area is 139 Å². The predicted molar refractivity (Wildman–Crippen MR) is 93.2 cm³/mol. The molecule has 0 aliphatic heterocycles. The van der Waals surface area contributed by atoms with Crippen LogP contribution >= 0.6 is 22.6 Å². The molecule has 1 aliphatic carbocycles. The highest BCUT2D eigenvalue weighted by atomic mass is 127. The number of hydrogen-bond acceptors (Lipinski definition) is 1. The third-order valence-electron chi connectivity index (χ3n) is 4.12. The van der Waals surface area contributed by atoms with Crippen molar-refractivity contribution in [3.05, 3.63) is 68.8 Å². The van der Waals surface area contributed by atoms with Gasteiger partial charge in [-0.3, -0.25) is 4.79 Å². The zero-order chi connectivity index (χ0) is 14.8. The molecule has 1 aliphatic rings. The van der Waals surface area contributed by atoms with Gasteiger partial charge >= 0.3 is 0 Å². The third-order valence-corrected chi connectivity index (χ3v) is 4.79. The molecule has 1 unspecified atom stereocenters. The van der Waals surface area contributed by atoms with Gasteiger partial charge in [-0.25, -0.2) is 0 Å². The molecule has 2 nitrogen and oxygen atoms in total. The van der Waals surface area contributed by atoms with Gasteiger partial charge in [-0.05, 0) is 64.3 Å². The summed E-state index contributed by atoms with van der Waals surface area (Å²) in [5, 5.41) is 3.08. The highest BCUT2D eigenvalue weighted by Gasteiger charge is 2.28. The van der Waals surface area contributed by atoms with Crippen molar-refractivity contribution in [3.63, 3.8) is 0 Å². The summed E-state index contributed by atoms with van der Waals surface area (Å²) in [6.45, 7) is 1.59. The van der Waals surface area contributed by atoms with E-state index >= 15 is 0 Å². The number of halogens is 1.